The number of benzene rings is 1. The Labute approximate surface area is 135 Å². The summed E-state index contributed by atoms with van der Waals surface area (Å²) in [6.07, 6.45) is 4.03. The quantitative estimate of drug-likeness (QED) is 0.908. The van der Waals surface area contributed by atoms with Gasteiger partial charge >= 0.3 is 6.03 Å². The number of rotatable bonds is 4. The SMILES string of the molecule is C[C@H]1[C@@H](NC(=O)Nc2ccnnc2)CCN1Cc1ccccc1. The number of likely N-dealkylation sites (tertiary alicyclic amines) is 1. The zero-order valence-corrected chi connectivity index (χ0v) is 13.1. The zero-order chi connectivity index (χ0) is 16.1. The van der Waals surface area contributed by atoms with Crippen LogP contribution < -0.4 is 10.6 Å². The molecular formula is C17H21N5O. The first kappa shape index (κ1) is 15.4. The lowest BCUT2D eigenvalue weighted by atomic mass is 10.1. The number of nitrogens with one attached hydrogen (secondary N) is 2. The second kappa shape index (κ2) is 7.19. The highest BCUT2D eigenvalue weighted by Gasteiger charge is 2.31. The van der Waals surface area contributed by atoms with Gasteiger partial charge in [-0.05, 0) is 25.0 Å². The maximum atomic E-state index is 12.1. The fraction of sp³-hybridized carbons (Fsp3) is 0.353. The van der Waals surface area contributed by atoms with Crippen LogP contribution in [0.2, 0.25) is 0 Å². The first-order valence-electron chi connectivity index (χ1n) is 7.84. The van der Waals surface area contributed by atoms with E-state index in [4.69, 9.17) is 0 Å². The molecule has 0 radical (unpaired) electrons. The molecule has 0 unspecified atom stereocenters. The van der Waals surface area contributed by atoms with Crippen LogP contribution in [0.4, 0.5) is 10.5 Å². The molecule has 1 aromatic heterocycles. The van der Waals surface area contributed by atoms with Crippen LogP contribution in [0.5, 0.6) is 0 Å². The summed E-state index contributed by atoms with van der Waals surface area (Å²) in [6, 6.07) is 12.4. The third-order valence-corrected chi connectivity index (χ3v) is 4.27. The van der Waals surface area contributed by atoms with E-state index in [0.717, 1.165) is 19.5 Å². The van der Waals surface area contributed by atoms with E-state index in [1.54, 1.807) is 12.3 Å². The smallest absolute Gasteiger partial charge is 0.319 e. The minimum absolute atomic E-state index is 0.147. The lowest BCUT2D eigenvalue weighted by Crippen LogP contribution is -2.44. The van der Waals surface area contributed by atoms with Crippen molar-refractivity contribution < 1.29 is 4.79 Å². The van der Waals surface area contributed by atoms with Crippen LogP contribution >= 0.6 is 0 Å². The van der Waals surface area contributed by atoms with Crippen molar-refractivity contribution in [3.8, 4) is 0 Å². The monoisotopic (exact) mass is 311 g/mol. The van der Waals surface area contributed by atoms with E-state index >= 15 is 0 Å². The molecule has 1 aliphatic rings. The minimum Gasteiger partial charge on any atom is -0.334 e. The third-order valence-electron chi connectivity index (χ3n) is 4.27. The Kier molecular flexibility index (Phi) is 4.83. The van der Waals surface area contributed by atoms with E-state index in [0.29, 0.717) is 11.7 Å². The predicted octanol–water partition coefficient (Wildman–Crippen LogP) is 2.26. The number of anilines is 1. The molecule has 3 rings (SSSR count). The standard InChI is InChI=1S/C17H21N5O/c1-13-16(21-17(23)20-15-7-9-18-19-11-15)8-10-22(13)12-14-5-3-2-4-6-14/h2-7,9,11,13,16H,8,10,12H2,1H3,(H2,18,20,21,23)/t13-,16-/m0/s1. The van der Waals surface area contributed by atoms with Crippen LogP contribution in [0.3, 0.4) is 0 Å². The summed E-state index contributed by atoms with van der Waals surface area (Å²) in [4.78, 5) is 14.5. The molecule has 2 heterocycles. The highest BCUT2D eigenvalue weighted by molar-refractivity contribution is 5.89. The molecule has 1 saturated heterocycles. The van der Waals surface area contributed by atoms with E-state index in [1.165, 1.54) is 11.8 Å². The molecule has 2 aromatic rings. The van der Waals surface area contributed by atoms with Gasteiger partial charge in [0.2, 0.25) is 0 Å². The number of urea groups is 1. The van der Waals surface area contributed by atoms with Gasteiger partial charge in [0.15, 0.2) is 0 Å². The van der Waals surface area contributed by atoms with Gasteiger partial charge in [-0.2, -0.15) is 10.2 Å². The van der Waals surface area contributed by atoms with E-state index in [1.807, 2.05) is 6.07 Å². The van der Waals surface area contributed by atoms with Crippen molar-refractivity contribution in [2.75, 3.05) is 11.9 Å². The van der Waals surface area contributed by atoms with Crippen molar-refractivity contribution in [3.63, 3.8) is 0 Å². The van der Waals surface area contributed by atoms with Crippen molar-refractivity contribution in [2.24, 2.45) is 0 Å². The van der Waals surface area contributed by atoms with E-state index in [-0.39, 0.29) is 12.1 Å². The Bertz CT molecular complexity index is 634. The fourth-order valence-electron chi connectivity index (χ4n) is 2.94. The highest BCUT2D eigenvalue weighted by atomic mass is 16.2. The van der Waals surface area contributed by atoms with Crippen LogP contribution in [0.15, 0.2) is 48.8 Å². The molecule has 1 aliphatic heterocycles. The van der Waals surface area contributed by atoms with E-state index in [9.17, 15) is 4.79 Å². The Balaban J connectivity index is 1.52. The van der Waals surface area contributed by atoms with Crippen LogP contribution in [0.25, 0.3) is 0 Å². The first-order valence-corrected chi connectivity index (χ1v) is 7.84. The number of nitrogens with zero attached hydrogens (tertiary/aromatic N) is 3. The van der Waals surface area contributed by atoms with Gasteiger partial charge in [-0.15, -0.1) is 0 Å². The largest absolute Gasteiger partial charge is 0.334 e. The van der Waals surface area contributed by atoms with Crippen molar-refractivity contribution in [2.45, 2.75) is 32.0 Å². The zero-order valence-electron chi connectivity index (χ0n) is 13.1. The molecule has 1 fully saturated rings. The molecule has 23 heavy (non-hydrogen) atoms. The molecule has 0 bridgehead atoms. The van der Waals surface area contributed by atoms with Gasteiger partial charge in [-0.25, -0.2) is 4.79 Å². The average Bonchev–Trinajstić information content (AvgIpc) is 2.90. The Morgan fingerprint density at radius 2 is 2.09 bits per heavy atom. The Hall–Kier alpha value is -2.47. The van der Waals surface area contributed by atoms with Crippen LogP contribution in [-0.2, 0) is 6.54 Å². The van der Waals surface area contributed by atoms with Crippen LogP contribution in [0, 0.1) is 0 Å². The summed E-state index contributed by atoms with van der Waals surface area (Å²) in [7, 11) is 0. The highest BCUT2D eigenvalue weighted by Crippen LogP contribution is 2.20. The summed E-state index contributed by atoms with van der Waals surface area (Å²) < 4.78 is 0. The predicted molar refractivity (Wildman–Crippen MR) is 88.9 cm³/mol. The van der Waals surface area contributed by atoms with E-state index in [2.05, 4.69) is 56.9 Å². The van der Waals surface area contributed by atoms with Gasteiger partial charge in [0.25, 0.3) is 0 Å². The van der Waals surface area contributed by atoms with E-state index < -0.39 is 0 Å². The van der Waals surface area contributed by atoms with Gasteiger partial charge in [0, 0.05) is 25.2 Å². The summed E-state index contributed by atoms with van der Waals surface area (Å²) >= 11 is 0. The van der Waals surface area contributed by atoms with Gasteiger partial charge < -0.3 is 10.6 Å². The first-order chi connectivity index (χ1) is 11.2. The second-order valence-corrected chi connectivity index (χ2v) is 5.82. The van der Waals surface area contributed by atoms with Crippen molar-refractivity contribution in [1.82, 2.24) is 20.4 Å². The maximum Gasteiger partial charge on any atom is 0.319 e. The Morgan fingerprint density at radius 3 is 2.83 bits per heavy atom. The lowest BCUT2D eigenvalue weighted by molar-refractivity contribution is 0.229. The normalized spacial score (nSPS) is 21.1. The van der Waals surface area contributed by atoms with Gasteiger partial charge in [0.1, 0.15) is 0 Å². The van der Waals surface area contributed by atoms with Gasteiger partial charge in [-0.3, -0.25) is 4.90 Å². The molecule has 6 heteroatoms. The summed E-state index contributed by atoms with van der Waals surface area (Å²) in [5, 5.41) is 13.3. The second-order valence-electron chi connectivity index (χ2n) is 5.82. The summed E-state index contributed by atoms with van der Waals surface area (Å²) in [6.45, 7) is 4.06. The van der Waals surface area contributed by atoms with Crippen molar-refractivity contribution >= 4 is 11.7 Å². The van der Waals surface area contributed by atoms with Gasteiger partial charge in [-0.1, -0.05) is 30.3 Å². The minimum atomic E-state index is -0.198. The number of amides is 2. The van der Waals surface area contributed by atoms with Crippen molar-refractivity contribution in [1.29, 1.82) is 0 Å². The average molecular weight is 311 g/mol. The fourth-order valence-corrected chi connectivity index (χ4v) is 2.94. The molecule has 0 spiro atoms. The van der Waals surface area contributed by atoms with Crippen molar-refractivity contribution in [3.05, 3.63) is 54.4 Å². The molecular weight excluding hydrogens is 290 g/mol. The third kappa shape index (κ3) is 4.04. The molecule has 6 nitrogen and oxygen atoms in total. The molecule has 0 saturated carbocycles. The molecule has 1 aromatic carbocycles. The van der Waals surface area contributed by atoms with Gasteiger partial charge in [0.05, 0.1) is 18.1 Å². The number of carbonyl (C=O) groups is 1. The van der Waals surface area contributed by atoms with Crippen LogP contribution in [-0.4, -0.2) is 39.8 Å². The molecule has 2 atom stereocenters. The number of hydrogen-bond acceptors (Lipinski definition) is 4. The summed E-state index contributed by atoms with van der Waals surface area (Å²) in [5.74, 6) is 0. The number of carbonyl (C=O) groups excluding carboxylic acids is 1. The topological polar surface area (TPSA) is 70.1 Å². The lowest BCUT2D eigenvalue weighted by Gasteiger charge is -2.25. The van der Waals surface area contributed by atoms with Crippen LogP contribution in [0.1, 0.15) is 18.9 Å². The molecule has 0 aliphatic carbocycles. The molecule has 2 amide bonds. The Morgan fingerprint density at radius 1 is 1.26 bits per heavy atom. The molecule has 2 N–H and O–H groups in total. The number of aromatic nitrogens is 2. The molecule has 120 valence electrons. The summed E-state index contributed by atoms with van der Waals surface area (Å²) in [5.41, 5.74) is 1.94. The number of hydrogen-bond donors (Lipinski definition) is 2. The maximum absolute atomic E-state index is 12.1.